The second-order valence-electron chi connectivity index (χ2n) is 5.52. The molecule has 1 aromatic heterocycles. The van der Waals surface area contributed by atoms with Crippen molar-refractivity contribution in [2.75, 3.05) is 0 Å². The van der Waals surface area contributed by atoms with Gasteiger partial charge in [0.05, 0.1) is 10.6 Å². The van der Waals surface area contributed by atoms with Crippen molar-refractivity contribution in [1.29, 1.82) is 0 Å². The molecule has 4 nitrogen and oxygen atoms in total. The Balaban J connectivity index is 2.09. The number of thiazole rings is 1. The van der Waals surface area contributed by atoms with Crippen LogP contribution in [0.25, 0.3) is 21.0 Å². The predicted octanol–water partition coefficient (Wildman–Crippen LogP) is 3.32. The molecule has 0 unspecified atom stereocenters. The van der Waals surface area contributed by atoms with E-state index in [9.17, 15) is 8.42 Å². The van der Waals surface area contributed by atoms with Crippen LogP contribution in [0, 0.1) is 6.92 Å². The highest BCUT2D eigenvalue weighted by atomic mass is 32.2. The first-order valence-corrected chi connectivity index (χ1v) is 9.47. The summed E-state index contributed by atoms with van der Waals surface area (Å²) in [7, 11) is -3.97. The van der Waals surface area contributed by atoms with Crippen LogP contribution in [0.4, 0.5) is 0 Å². The maximum Gasteiger partial charge on any atom is 0.267 e. The molecule has 1 atom stereocenters. The maximum atomic E-state index is 11.2. The molecule has 1 heterocycles. The van der Waals surface area contributed by atoms with Crippen molar-refractivity contribution in [2.45, 2.75) is 32.1 Å². The summed E-state index contributed by atoms with van der Waals surface area (Å²) in [4.78, 5) is 0. The minimum Gasteiger partial charge on any atom is -0.285 e. The molecule has 2 aromatic carbocycles. The van der Waals surface area contributed by atoms with E-state index in [4.69, 9.17) is 4.55 Å². The third kappa shape index (κ3) is 2.74. The molecule has 0 aliphatic carbocycles. The molecule has 0 saturated carbocycles. The summed E-state index contributed by atoms with van der Waals surface area (Å²) in [6.45, 7) is 4.15. The Bertz CT molecular complexity index is 945. The summed E-state index contributed by atoms with van der Waals surface area (Å²) in [6.07, 6.45) is 0.388. The minimum absolute atomic E-state index is 0.388. The summed E-state index contributed by atoms with van der Waals surface area (Å²) in [6, 6.07) is 12.4. The highest BCUT2D eigenvalue weighted by Gasteiger charge is 2.24. The number of nitrogens with zero attached hydrogens (tertiary/aromatic N) is 1. The molecule has 0 bridgehead atoms. The van der Waals surface area contributed by atoms with E-state index >= 15 is 0 Å². The van der Waals surface area contributed by atoms with Gasteiger partial charge in [-0.3, -0.25) is 4.55 Å². The Morgan fingerprint density at radius 2 is 1.95 bits per heavy atom. The van der Waals surface area contributed by atoms with Crippen LogP contribution in [0.3, 0.4) is 0 Å². The lowest BCUT2D eigenvalue weighted by Gasteiger charge is -2.05. The Morgan fingerprint density at radius 3 is 2.68 bits per heavy atom. The van der Waals surface area contributed by atoms with Gasteiger partial charge >= 0.3 is 0 Å². The van der Waals surface area contributed by atoms with Crippen molar-refractivity contribution >= 4 is 42.4 Å². The Morgan fingerprint density at radius 1 is 1.23 bits per heavy atom. The number of aromatic nitrogens is 1. The molecule has 0 fully saturated rings. The number of hydrogen-bond acceptors (Lipinski definition) is 3. The van der Waals surface area contributed by atoms with Crippen LogP contribution in [0.1, 0.15) is 18.4 Å². The summed E-state index contributed by atoms with van der Waals surface area (Å²) < 4.78 is 34.9. The van der Waals surface area contributed by atoms with E-state index in [1.807, 2.05) is 19.1 Å². The molecule has 3 aromatic rings. The first-order valence-electron chi connectivity index (χ1n) is 7.15. The van der Waals surface area contributed by atoms with Gasteiger partial charge in [-0.05, 0) is 24.4 Å². The number of fused-ring (bicyclic) bond motifs is 3. The lowest BCUT2D eigenvalue weighted by molar-refractivity contribution is -0.672. The number of rotatable bonds is 4. The molecule has 0 saturated heterocycles. The van der Waals surface area contributed by atoms with Gasteiger partial charge in [0, 0.05) is 13.3 Å². The van der Waals surface area contributed by atoms with Crippen LogP contribution in [0.2, 0.25) is 0 Å². The van der Waals surface area contributed by atoms with Gasteiger partial charge in [-0.15, -0.1) is 0 Å². The van der Waals surface area contributed by atoms with Gasteiger partial charge in [-0.25, -0.2) is 0 Å². The lowest BCUT2D eigenvalue weighted by Crippen LogP contribution is -2.37. The fraction of sp³-hybridized carbons (Fsp3) is 0.312. The molecule has 6 heteroatoms. The van der Waals surface area contributed by atoms with Crippen molar-refractivity contribution < 1.29 is 17.5 Å². The van der Waals surface area contributed by atoms with Crippen molar-refractivity contribution in [1.82, 2.24) is 0 Å². The van der Waals surface area contributed by atoms with E-state index in [0.29, 0.717) is 13.0 Å². The largest absolute Gasteiger partial charge is 0.285 e. The quantitative estimate of drug-likeness (QED) is 0.587. The second kappa shape index (κ2) is 5.61. The molecule has 0 spiro atoms. The van der Waals surface area contributed by atoms with Crippen molar-refractivity contribution in [3.63, 3.8) is 0 Å². The number of aryl methyl sites for hydroxylation is 2. The Hall–Kier alpha value is -1.50. The van der Waals surface area contributed by atoms with Gasteiger partial charge in [0.15, 0.2) is 6.54 Å². The lowest BCUT2D eigenvalue weighted by atomic mass is 10.1. The fourth-order valence-corrected chi connectivity index (χ4v) is 4.16. The topological polar surface area (TPSA) is 58.2 Å². The Labute approximate surface area is 133 Å². The SMILES string of the molecule is Cc1sc2ccc3ccccc3c2[n+]1CC[C@H](C)S(=O)(=O)O. The van der Waals surface area contributed by atoms with Crippen molar-refractivity contribution in [3.8, 4) is 0 Å². The summed E-state index contributed by atoms with van der Waals surface area (Å²) in [5.74, 6) is 0. The number of hydrogen-bond donors (Lipinski definition) is 1. The zero-order valence-electron chi connectivity index (χ0n) is 12.5. The minimum atomic E-state index is -3.97. The third-order valence-corrected chi connectivity index (χ3v) is 6.36. The average Bonchev–Trinajstić information content (AvgIpc) is 2.79. The highest BCUT2D eigenvalue weighted by molar-refractivity contribution is 7.86. The first-order chi connectivity index (χ1) is 10.4. The van der Waals surface area contributed by atoms with Crippen LogP contribution in [-0.4, -0.2) is 18.2 Å². The van der Waals surface area contributed by atoms with Gasteiger partial charge in [0.2, 0.25) is 10.5 Å². The molecular formula is C16H18NO3S2+. The van der Waals surface area contributed by atoms with Crippen LogP contribution in [0.5, 0.6) is 0 Å². The van der Waals surface area contributed by atoms with Gasteiger partial charge < -0.3 is 0 Å². The summed E-state index contributed by atoms with van der Waals surface area (Å²) >= 11 is 1.70. The zero-order valence-corrected chi connectivity index (χ0v) is 14.1. The van der Waals surface area contributed by atoms with E-state index in [0.717, 1.165) is 10.5 Å². The number of benzene rings is 2. The van der Waals surface area contributed by atoms with Crippen LogP contribution >= 0.6 is 11.3 Å². The van der Waals surface area contributed by atoms with Crippen LogP contribution in [0.15, 0.2) is 36.4 Å². The molecular weight excluding hydrogens is 318 g/mol. The fourth-order valence-electron chi connectivity index (χ4n) is 2.70. The van der Waals surface area contributed by atoms with Crippen molar-refractivity contribution in [3.05, 3.63) is 41.4 Å². The van der Waals surface area contributed by atoms with Gasteiger partial charge in [-0.2, -0.15) is 13.0 Å². The van der Waals surface area contributed by atoms with Gasteiger partial charge in [0.1, 0.15) is 4.70 Å². The standard InChI is InChI=1S/C16H17NO3S2/c1-11(22(18,19)20)9-10-17-12(2)21-15-8-7-13-5-3-4-6-14(13)16(15)17/h3-8,11H,9-10H2,1-2H3/p+1/t11-/m0/s1. The molecule has 0 amide bonds. The van der Waals surface area contributed by atoms with E-state index in [-0.39, 0.29) is 0 Å². The monoisotopic (exact) mass is 336 g/mol. The maximum absolute atomic E-state index is 11.2. The van der Waals surface area contributed by atoms with Crippen molar-refractivity contribution in [2.24, 2.45) is 0 Å². The summed E-state index contributed by atoms with van der Waals surface area (Å²) in [5.41, 5.74) is 1.14. The van der Waals surface area contributed by atoms with E-state index in [2.05, 4.69) is 28.8 Å². The van der Waals surface area contributed by atoms with Crippen LogP contribution in [-0.2, 0) is 16.7 Å². The molecule has 0 radical (unpaired) electrons. The van der Waals surface area contributed by atoms with Crippen LogP contribution < -0.4 is 4.57 Å². The van der Waals surface area contributed by atoms with E-state index < -0.39 is 15.4 Å². The normalized spacial score (nSPS) is 13.8. The molecule has 0 aliphatic heterocycles. The highest BCUT2D eigenvalue weighted by Crippen LogP contribution is 2.28. The third-order valence-electron chi connectivity index (χ3n) is 4.04. The molecule has 1 N–H and O–H groups in total. The van der Waals surface area contributed by atoms with Gasteiger partial charge in [0.25, 0.3) is 10.1 Å². The van der Waals surface area contributed by atoms with E-state index in [1.165, 1.54) is 22.4 Å². The molecule has 3 rings (SSSR count). The van der Waals surface area contributed by atoms with Gasteiger partial charge in [-0.1, -0.05) is 35.6 Å². The molecule has 0 aliphatic rings. The average molecular weight is 336 g/mol. The second-order valence-corrected chi connectivity index (χ2v) is 8.59. The van der Waals surface area contributed by atoms with E-state index in [1.54, 1.807) is 11.3 Å². The summed E-state index contributed by atoms with van der Waals surface area (Å²) in [5, 5.41) is 2.71. The zero-order chi connectivity index (χ0) is 15.9. The predicted molar refractivity (Wildman–Crippen MR) is 89.9 cm³/mol. The molecule has 22 heavy (non-hydrogen) atoms. The first kappa shape index (κ1) is 15.4. The Kier molecular flexibility index (Phi) is 3.92. The molecule has 116 valence electrons. The smallest absolute Gasteiger partial charge is 0.267 e.